The normalized spacial score (nSPS) is 12.7. The van der Waals surface area contributed by atoms with Gasteiger partial charge in [-0.2, -0.15) is 5.10 Å². The van der Waals surface area contributed by atoms with Crippen molar-refractivity contribution in [2.24, 2.45) is 15.9 Å². The van der Waals surface area contributed by atoms with Gasteiger partial charge in [-0.1, -0.05) is 84.0 Å². The molecule has 3 aromatic rings. The van der Waals surface area contributed by atoms with Crippen molar-refractivity contribution in [3.8, 4) is 0 Å². The molecule has 0 aromatic heterocycles. The van der Waals surface area contributed by atoms with E-state index in [4.69, 9.17) is 21.2 Å². The van der Waals surface area contributed by atoms with Crippen LogP contribution in [0.1, 0.15) is 12.5 Å². The van der Waals surface area contributed by atoms with Gasteiger partial charge in [0.05, 0.1) is 5.71 Å². The van der Waals surface area contributed by atoms with Gasteiger partial charge in [0.2, 0.25) is 0 Å². The van der Waals surface area contributed by atoms with E-state index in [1.54, 1.807) is 25.1 Å². The maximum absolute atomic E-state index is 13.9. The van der Waals surface area contributed by atoms with Crippen molar-refractivity contribution in [1.82, 2.24) is 0 Å². The smallest absolute Gasteiger partial charge is 0.416 e. The molecule has 0 heterocycles. The van der Waals surface area contributed by atoms with Crippen LogP contribution in [0.4, 0.5) is 4.39 Å². The zero-order valence-corrected chi connectivity index (χ0v) is 17.0. The van der Waals surface area contributed by atoms with Crippen molar-refractivity contribution < 1.29 is 8.82 Å². The summed E-state index contributed by atoms with van der Waals surface area (Å²) in [6.07, 6.45) is 0. The molecule has 0 bridgehead atoms. The molecule has 0 radical (unpaired) electrons. The number of amidine groups is 1. The third-order valence-electron chi connectivity index (χ3n) is 4.10. The molecule has 2 N–H and O–H groups in total. The Bertz CT molecular complexity index is 957. The van der Waals surface area contributed by atoms with Crippen molar-refractivity contribution in [2.75, 3.05) is 0 Å². The topological polar surface area (TPSA) is 60.0 Å². The van der Waals surface area contributed by atoms with Gasteiger partial charge in [-0.25, -0.2) is 4.39 Å². The zero-order valence-electron chi connectivity index (χ0n) is 15.2. The van der Waals surface area contributed by atoms with Crippen molar-refractivity contribution in [3.05, 3.63) is 96.3 Å². The molecule has 7 heteroatoms. The second-order valence-electron chi connectivity index (χ2n) is 6.03. The summed E-state index contributed by atoms with van der Waals surface area (Å²) in [6.45, 7) is 1.65. The molecule has 0 unspecified atom stereocenters. The fraction of sp³-hybridized carbons (Fsp3) is 0.0476. The highest BCUT2D eigenvalue weighted by atomic mass is 35.6. The van der Waals surface area contributed by atoms with Crippen LogP contribution in [0, 0.1) is 5.82 Å². The zero-order chi connectivity index (χ0) is 20.0. The van der Waals surface area contributed by atoms with E-state index in [0.717, 1.165) is 10.4 Å². The quantitative estimate of drug-likeness (QED) is 0.230. The lowest BCUT2D eigenvalue weighted by molar-refractivity contribution is 0.565. The highest BCUT2D eigenvalue weighted by molar-refractivity contribution is 7.31. The summed E-state index contributed by atoms with van der Waals surface area (Å²) in [4.78, 5) is 0. The fourth-order valence-electron chi connectivity index (χ4n) is 2.69. The van der Waals surface area contributed by atoms with Crippen molar-refractivity contribution >= 4 is 40.8 Å². The van der Waals surface area contributed by atoms with E-state index in [1.807, 2.05) is 60.7 Å². The molecule has 142 valence electrons. The van der Waals surface area contributed by atoms with Crippen LogP contribution in [-0.4, -0.2) is 19.4 Å². The SMILES string of the molecule is C/C(=N\N=C(/N)O[Si](Cl)(c1ccccc1)c1ccccc1)c1ccccc1F. The molecule has 28 heavy (non-hydrogen) atoms. The Morgan fingerprint density at radius 2 is 1.36 bits per heavy atom. The minimum Gasteiger partial charge on any atom is -0.495 e. The van der Waals surface area contributed by atoms with Gasteiger partial charge in [-0.05, 0) is 23.4 Å². The van der Waals surface area contributed by atoms with Crippen LogP contribution in [0.2, 0.25) is 0 Å². The maximum Gasteiger partial charge on any atom is 0.416 e. The first kappa shape index (κ1) is 19.8. The van der Waals surface area contributed by atoms with Gasteiger partial charge in [0, 0.05) is 5.56 Å². The van der Waals surface area contributed by atoms with Gasteiger partial charge in [-0.3, -0.25) is 0 Å². The largest absolute Gasteiger partial charge is 0.495 e. The van der Waals surface area contributed by atoms with E-state index in [2.05, 4.69) is 10.2 Å². The monoisotopic (exact) mass is 411 g/mol. The van der Waals surface area contributed by atoms with Crippen LogP contribution in [0.3, 0.4) is 0 Å². The Kier molecular flexibility index (Phi) is 6.23. The molecule has 4 nitrogen and oxygen atoms in total. The van der Waals surface area contributed by atoms with Gasteiger partial charge in [0.1, 0.15) is 5.82 Å². The number of hydrogen-bond acceptors (Lipinski definition) is 3. The lowest BCUT2D eigenvalue weighted by Crippen LogP contribution is -2.58. The molecule has 0 aliphatic carbocycles. The van der Waals surface area contributed by atoms with Gasteiger partial charge in [0.25, 0.3) is 6.02 Å². The second kappa shape index (κ2) is 8.82. The molecule has 3 rings (SSSR count). The summed E-state index contributed by atoms with van der Waals surface area (Å²) in [7, 11) is -3.15. The van der Waals surface area contributed by atoms with Crippen molar-refractivity contribution in [2.45, 2.75) is 6.92 Å². The number of rotatable bonds is 5. The molecule has 0 saturated carbocycles. The first-order valence-corrected chi connectivity index (χ1v) is 11.5. The van der Waals surface area contributed by atoms with Crippen LogP contribution < -0.4 is 16.1 Å². The summed E-state index contributed by atoms with van der Waals surface area (Å²) >= 11 is 6.99. The van der Waals surface area contributed by atoms with Gasteiger partial charge >= 0.3 is 7.63 Å². The lowest BCUT2D eigenvalue weighted by atomic mass is 10.1. The molecule has 0 atom stereocenters. The average Bonchev–Trinajstić information content (AvgIpc) is 2.73. The predicted octanol–water partition coefficient (Wildman–Crippen LogP) is 3.38. The fourth-order valence-corrected chi connectivity index (χ4v) is 5.82. The Morgan fingerprint density at radius 1 is 0.857 bits per heavy atom. The van der Waals surface area contributed by atoms with Crippen molar-refractivity contribution in [1.29, 1.82) is 0 Å². The number of nitrogens with two attached hydrogens (primary N) is 1. The van der Waals surface area contributed by atoms with Crippen molar-refractivity contribution in [3.63, 3.8) is 0 Å². The highest BCUT2D eigenvalue weighted by Crippen LogP contribution is 2.13. The molecule has 0 fully saturated rings. The summed E-state index contributed by atoms with van der Waals surface area (Å²) in [5.41, 5.74) is 6.70. The van der Waals surface area contributed by atoms with Crippen LogP contribution in [-0.2, 0) is 4.43 Å². The Labute approximate surface area is 169 Å². The molecule has 0 amide bonds. The molecule has 0 saturated heterocycles. The van der Waals surface area contributed by atoms with E-state index < -0.39 is 7.63 Å². The summed E-state index contributed by atoms with van der Waals surface area (Å²) in [5, 5.41) is 9.59. The molecule has 0 spiro atoms. The summed E-state index contributed by atoms with van der Waals surface area (Å²) < 4.78 is 19.8. The average molecular weight is 412 g/mol. The van der Waals surface area contributed by atoms with E-state index in [1.165, 1.54) is 6.07 Å². The molecule has 0 aliphatic heterocycles. The molecular formula is C21H19ClFN3OSi. The van der Waals surface area contributed by atoms with Gasteiger partial charge in [0.15, 0.2) is 0 Å². The van der Waals surface area contributed by atoms with Crippen LogP contribution in [0.15, 0.2) is 95.1 Å². The van der Waals surface area contributed by atoms with E-state index >= 15 is 0 Å². The third kappa shape index (κ3) is 4.47. The number of halogens is 2. The van der Waals surface area contributed by atoms with E-state index in [-0.39, 0.29) is 11.8 Å². The second-order valence-corrected chi connectivity index (χ2v) is 10.2. The molecule has 3 aromatic carbocycles. The van der Waals surface area contributed by atoms with E-state index in [9.17, 15) is 4.39 Å². The molecular weight excluding hydrogens is 393 g/mol. The predicted molar refractivity (Wildman–Crippen MR) is 115 cm³/mol. The van der Waals surface area contributed by atoms with Crippen LogP contribution in [0.5, 0.6) is 0 Å². The Morgan fingerprint density at radius 3 is 1.89 bits per heavy atom. The standard InChI is InChI=1S/C21H19ClFN3OSi/c1-16(19-14-8-9-15-20(19)23)25-26-21(24)27-28(22,17-10-4-2-5-11-17)18-12-6-3-7-13-18/h2-15H,1H3,(H2,24,26)/b25-16+. The number of benzene rings is 3. The lowest BCUT2D eigenvalue weighted by Gasteiger charge is -2.25. The Hall–Kier alpha value is -2.96. The highest BCUT2D eigenvalue weighted by Gasteiger charge is 2.41. The minimum absolute atomic E-state index is 0.176. The number of hydrogen-bond donors (Lipinski definition) is 1. The van der Waals surface area contributed by atoms with E-state index in [0.29, 0.717) is 11.3 Å². The first-order chi connectivity index (χ1) is 13.5. The van der Waals surface area contributed by atoms with Gasteiger partial charge < -0.3 is 10.2 Å². The number of nitrogens with zero attached hydrogens (tertiary/aromatic N) is 2. The van der Waals surface area contributed by atoms with Gasteiger partial charge in [-0.15, -0.1) is 11.1 Å². The van der Waals surface area contributed by atoms with Crippen LogP contribution in [0.25, 0.3) is 0 Å². The maximum atomic E-state index is 13.9. The first-order valence-electron chi connectivity index (χ1n) is 8.62. The minimum atomic E-state index is -3.15. The summed E-state index contributed by atoms with van der Waals surface area (Å²) in [6, 6.07) is 25.1. The molecule has 0 aliphatic rings. The Balaban J connectivity index is 1.92. The van der Waals surface area contributed by atoms with Crippen LogP contribution >= 0.6 is 11.1 Å². The third-order valence-corrected chi connectivity index (χ3v) is 8.28. The summed E-state index contributed by atoms with van der Waals surface area (Å²) in [5.74, 6) is -0.381.